The Balaban J connectivity index is 1.13. The molecule has 5 rings (SSSR count). The third-order valence-corrected chi connectivity index (χ3v) is 7.95. The van der Waals surface area contributed by atoms with E-state index in [4.69, 9.17) is 5.10 Å². The molecule has 2 aromatic carbocycles. The van der Waals surface area contributed by atoms with E-state index in [1.807, 2.05) is 24.0 Å². The third kappa shape index (κ3) is 6.71. The van der Waals surface area contributed by atoms with E-state index in [9.17, 15) is 14.0 Å². The number of rotatable bonds is 10. The molecular weight excluding hydrogens is 495 g/mol. The summed E-state index contributed by atoms with van der Waals surface area (Å²) in [5.74, 6) is 0.567. The van der Waals surface area contributed by atoms with Crippen LogP contribution in [0.1, 0.15) is 61.6 Å². The molecule has 1 atom stereocenters. The molecule has 9 heteroatoms. The highest BCUT2D eigenvalue weighted by Gasteiger charge is 2.35. The largest absolute Gasteiger partial charge is 0.356 e. The zero-order chi connectivity index (χ0) is 27.2. The average Bonchev–Trinajstić information content (AvgIpc) is 3.40. The predicted molar refractivity (Wildman–Crippen MR) is 146 cm³/mol. The third-order valence-electron chi connectivity index (χ3n) is 7.95. The van der Waals surface area contributed by atoms with Crippen LogP contribution in [0.25, 0.3) is 0 Å². The highest BCUT2D eigenvalue weighted by Crippen LogP contribution is 2.31. The quantitative estimate of drug-likeness (QED) is 0.430. The van der Waals surface area contributed by atoms with Gasteiger partial charge in [0.15, 0.2) is 5.82 Å². The fourth-order valence-corrected chi connectivity index (χ4v) is 5.60. The maximum atomic E-state index is 13.2. The number of amides is 2. The SMILES string of the molecule is CCC(=O)N1CC(C(=O)NCCC(c2ccccc2)N2CCC(n3cnc(Cc4ccc(F)cc4)n3)CC2)C1. The molecule has 0 spiro atoms. The number of hydrogen-bond acceptors (Lipinski definition) is 5. The van der Waals surface area contributed by atoms with Crippen LogP contribution in [0.3, 0.4) is 0 Å². The van der Waals surface area contributed by atoms with E-state index < -0.39 is 0 Å². The van der Waals surface area contributed by atoms with Crippen molar-refractivity contribution in [2.24, 2.45) is 5.92 Å². The first-order chi connectivity index (χ1) is 19.0. The van der Waals surface area contributed by atoms with Crippen LogP contribution in [0, 0.1) is 11.7 Å². The minimum absolute atomic E-state index is 0.0447. The Morgan fingerprint density at radius 2 is 1.77 bits per heavy atom. The number of likely N-dealkylation sites (tertiary alicyclic amines) is 2. The van der Waals surface area contributed by atoms with Crippen molar-refractivity contribution in [2.45, 2.75) is 51.1 Å². The van der Waals surface area contributed by atoms with Crippen molar-refractivity contribution in [3.05, 3.63) is 83.7 Å². The molecule has 0 aliphatic carbocycles. The maximum Gasteiger partial charge on any atom is 0.226 e. The summed E-state index contributed by atoms with van der Waals surface area (Å²) in [5.41, 5.74) is 2.25. The fraction of sp³-hybridized carbons (Fsp3) is 0.467. The first-order valence-corrected chi connectivity index (χ1v) is 14.0. The lowest BCUT2D eigenvalue weighted by Crippen LogP contribution is -2.55. The van der Waals surface area contributed by atoms with Gasteiger partial charge in [-0.3, -0.25) is 14.5 Å². The smallest absolute Gasteiger partial charge is 0.226 e. The van der Waals surface area contributed by atoms with E-state index in [1.54, 1.807) is 17.0 Å². The highest BCUT2D eigenvalue weighted by molar-refractivity contribution is 5.84. The van der Waals surface area contributed by atoms with E-state index in [0.717, 1.165) is 43.7 Å². The summed E-state index contributed by atoms with van der Waals surface area (Å²) >= 11 is 0. The van der Waals surface area contributed by atoms with Gasteiger partial charge in [-0.1, -0.05) is 49.4 Å². The summed E-state index contributed by atoms with van der Waals surface area (Å²) < 4.78 is 15.2. The van der Waals surface area contributed by atoms with Crippen molar-refractivity contribution in [2.75, 3.05) is 32.7 Å². The minimum atomic E-state index is -0.241. The van der Waals surface area contributed by atoms with Gasteiger partial charge in [-0.2, -0.15) is 5.10 Å². The summed E-state index contributed by atoms with van der Waals surface area (Å²) in [6.07, 6.45) is 5.66. The number of benzene rings is 2. The van der Waals surface area contributed by atoms with Crippen LogP contribution in [-0.4, -0.2) is 69.1 Å². The Morgan fingerprint density at radius 3 is 2.46 bits per heavy atom. The number of nitrogens with zero attached hydrogens (tertiary/aromatic N) is 5. The number of piperidine rings is 1. The van der Waals surface area contributed by atoms with Gasteiger partial charge >= 0.3 is 0 Å². The lowest BCUT2D eigenvalue weighted by molar-refractivity contribution is -0.142. The molecule has 2 saturated heterocycles. The highest BCUT2D eigenvalue weighted by atomic mass is 19.1. The molecule has 3 heterocycles. The summed E-state index contributed by atoms with van der Waals surface area (Å²) in [5, 5.41) is 7.84. The summed E-state index contributed by atoms with van der Waals surface area (Å²) in [4.78, 5) is 33.1. The Bertz CT molecular complexity index is 1230. The Kier molecular flexibility index (Phi) is 8.66. The molecule has 0 radical (unpaired) electrons. The first kappa shape index (κ1) is 27.0. The van der Waals surface area contributed by atoms with Crippen LogP contribution in [0.15, 0.2) is 60.9 Å². The van der Waals surface area contributed by atoms with Crippen molar-refractivity contribution in [3.8, 4) is 0 Å². The number of nitrogens with one attached hydrogen (secondary N) is 1. The number of aromatic nitrogens is 3. The molecule has 39 heavy (non-hydrogen) atoms. The fourth-order valence-electron chi connectivity index (χ4n) is 5.60. The van der Waals surface area contributed by atoms with Gasteiger partial charge in [-0.25, -0.2) is 14.1 Å². The second kappa shape index (κ2) is 12.5. The van der Waals surface area contributed by atoms with Gasteiger partial charge in [-0.15, -0.1) is 0 Å². The monoisotopic (exact) mass is 532 g/mol. The van der Waals surface area contributed by atoms with Crippen LogP contribution < -0.4 is 5.32 Å². The number of halogens is 1. The molecule has 0 bridgehead atoms. The number of carbonyl (C=O) groups excluding carboxylic acids is 2. The van der Waals surface area contributed by atoms with Crippen LogP contribution in [0.2, 0.25) is 0 Å². The Labute approximate surface area is 229 Å². The van der Waals surface area contributed by atoms with E-state index in [1.165, 1.54) is 17.7 Å². The van der Waals surface area contributed by atoms with Gasteiger partial charge in [0, 0.05) is 51.6 Å². The molecule has 3 aromatic rings. The van der Waals surface area contributed by atoms with Crippen LogP contribution in [-0.2, 0) is 16.0 Å². The maximum absolute atomic E-state index is 13.2. The van der Waals surface area contributed by atoms with E-state index >= 15 is 0 Å². The van der Waals surface area contributed by atoms with Gasteiger partial charge in [0.2, 0.25) is 11.8 Å². The van der Waals surface area contributed by atoms with Crippen LogP contribution in [0.4, 0.5) is 4.39 Å². The molecule has 2 aliphatic rings. The van der Waals surface area contributed by atoms with Gasteiger partial charge < -0.3 is 10.2 Å². The minimum Gasteiger partial charge on any atom is -0.356 e. The van der Waals surface area contributed by atoms with Crippen molar-refractivity contribution in [1.29, 1.82) is 0 Å². The molecular formula is C30H37FN6O2. The summed E-state index contributed by atoms with van der Waals surface area (Å²) in [6, 6.07) is 17.5. The molecule has 2 fully saturated rings. The van der Waals surface area contributed by atoms with E-state index in [0.29, 0.717) is 38.5 Å². The van der Waals surface area contributed by atoms with Crippen LogP contribution in [0.5, 0.6) is 0 Å². The van der Waals surface area contributed by atoms with Gasteiger partial charge in [0.05, 0.1) is 12.0 Å². The summed E-state index contributed by atoms with van der Waals surface area (Å²) in [6.45, 7) is 5.38. The summed E-state index contributed by atoms with van der Waals surface area (Å²) in [7, 11) is 0. The second-order valence-corrected chi connectivity index (χ2v) is 10.6. The topological polar surface area (TPSA) is 83.4 Å². The lowest BCUT2D eigenvalue weighted by atomic mass is 9.96. The van der Waals surface area contributed by atoms with Gasteiger partial charge in [-0.05, 0) is 42.5 Å². The van der Waals surface area contributed by atoms with E-state index in [-0.39, 0.29) is 29.6 Å². The lowest BCUT2D eigenvalue weighted by Gasteiger charge is -2.39. The molecule has 2 amide bonds. The average molecular weight is 533 g/mol. The van der Waals surface area contributed by atoms with Crippen molar-refractivity contribution in [1.82, 2.24) is 29.9 Å². The molecule has 8 nitrogen and oxygen atoms in total. The van der Waals surface area contributed by atoms with Crippen molar-refractivity contribution < 1.29 is 14.0 Å². The molecule has 1 N–H and O–H groups in total. The molecule has 206 valence electrons. The number of hydrogen-bond donors (Lipinski definition) is 1. The standard InChI is InChI=1S/C30H37FN6O2/c1-2-29(38)36-19-24(20-36)30(39)32-15-12-27(23-6-4-3-5-7-23)35-16-13-26(14-17-35)37-21-33-28(34-37)18-22-8-10-25(31)11-9-22/h3-11,21,24,26-27H,2,12-20H2,1H3,(H,32,39). The van der Waals surface area contributed by atoms with Gasteiger partial charge in [0.25, 0.3) is 0 Å². The molecule has 0 saturated carbocycles. The molecule has 2 aliphatic heterocycles. The van der Waals surface area contributed by atoms with Gasteiger partial charge in [0.1, 0.15) is 12.1 Å². The molecule has 1 unspecified atom stereocenters. The predicted octanol–water partition coefficient (Wildman–Crippen LogP) is 3.76. The van der Waals surface area contributed by atoms with Crippen LogP contribution >= 0.6 is 0 Å². The normalized spacial score (nSPS) is 17.5. The Hall–Kier alpha value is -3.59. The second-order valence-electron chi connectivity index (χ2n) is 10.6. The van der Waals surface area contributed by atoms with Crippen molar-refractivity contribution in [3.63, 3.8) is 0 Å². The number of carbonyl (C=O) groups is 2. The zero-order valence-electron chi connectivity index (χ0n) is 22.5. The first-order valence-electron chi connectivity index (χ1n) is 14.0. The van der Waals surface area contributed by atoms with Crippen molar-refractivity contribution >= 4 is 11.8 Å². The zero-order valence-corrected chi connectivity index (χ0v) is 22.5. The van der Waals surface area contributed by atoms with E-state index in [2.05, 4.69) is 39.5 Å². The molecule has 1 aromatic heterocycles. The Morgan fingerprint density at radius 1 is 1.05 bits per heavy atom.